The summed E-state index contributed by atoms with van der Waals surface area (Å²) in [7, 11) is 0. The number of fused-ring (bicyclic) bond motifs is 1. The molecule has 2 unspecified atom stereocenters. The first kappa shape index (κ1) is 13.1. The van der Waals surface area contributed by atoms with Crippen molar-refractivity contribution in [3.8, 4) is 0 Å². The molecular formula is C15H20O3. The Hall–Kier alpha value is -1.38. The molecule has 1 fully saturated rings. The second-order valence-electron chi connectivity index (χ2n) is 5.86. The van der Waals surface area contributed by atoms with Crippen LogP contribution in [0.15, 0.2) is 23.3 Å². The molecule has 0 radical (unpaired) electrons. The van der Waals surface area contributed by atoms with E-state index in [0.717, 1.165) is 24.8 Å². The number of allylic oxidation sites excluding steroid dienone is 2. The molecule has 1 N–H and O–H groups in total. The summed E-state index contributed by atoms with van der Waals surface area (Å²) < 4.78 is 0. The third-order valence-electron chi connectivity index (χ3n) is 4.77. The smallest absolute Gasteiger partial charge is 0.331 e. The van der Waals surface area contributed by atoms with Gasteiger partial charge in [0.1, 0.15) is 0 Å². The van der Waals surface area contributed by atoms with E-state index >= 15 is 0 Å². The van der Waals surface area contributed by atoms with Gasteiger partial charge in [-0.2, -0.15) is 0 Å². The molecule has 2 atom stereocenters. The number of carbonyl (C=O) groups is 2. The van der Waals surface area contributed by atoms with E-state index in [2.05, 4.69) is 13.5 Å². The molecule has 3 nitrogen and oxygen atoms in total. The molecule has 0 spiro atoms. The molecular weight excluding hydrogens is 228 g/mol. The van der Waals surface area contributed by atoms with Gasteiger partial charge in [0, 0.05) is 12.0 Å². The van der Waals surface area contributed by atoms with Crippen LogP contribution in [0.2, 0.25) is 0 Å². The van der Waals surface area contributed by atoms with Gasteiger partial charge in [0.15, 0.2) is 5.78 Å². The summed E-state index contributed by atoms with van der Waals surface area (Å²) in [6, 6.07) is 0. The van der Waals surface area contributed by atoms with Crippen molar-refractivity contribution in [3.05, 3.63) is 23.3 Å². The predicted molar refractivity (Wildman–Crippen MR) is 69.2 cm³/mol. The minimum atomic E-state index is -0.913. The summed E-state index contributed by atoms with van der Waals surface area (Å²) >= 11 is 0. The summed E-state index contributed by atoms with van der Waals surface area (Å²) in [6.07, 6.45) is 4.07. The van der Waals surface area contributed by atoms with Crippen molar-refractivity contribution < 1.29 is 14.7 Å². The number of Topliss-reactive ketones (excluding diaryl/α,β-unsaturated/α-hetero) is 1. The summed E-state index contributed by atoms with van der Waals surface area (Å²) in [5, 5.41) is 9.03. The van der Waals surface area contributed by atoms with Gasteiger partial charge < -0.3 is 5.11 Å². The molecule has 2 rings (SSSR count). The highest BCUT2D eigenvalue weighted by Gasteiger charge is 2.41. The highest BCUT2D eigenvalue weighted by Crippen LogP contribution is 2.51. The molecule has 0 aromatic carbocycles. The Morgan fingerprint density at radius 1 is 1.44 bits per heavy atom. The standard InChI is InChI=1S/C15H20O3/c1-9(14(17)18)11-4-6-15(3)7-5-13(16)10(2)12(15)8-11/h11H,1,4-8H2,2-3H3,(H,17,18). The lowest BCUT2D eigenvalue weighted by Gasteiger charge is -2.43. The normalized spacial score (nSPS) is 32.1. The quantitative estimate of drug-likeness (QED) is 0.764. The van der Waals surface area contributed by atoms with Gasteiger partial charge in [0.05, 0.1) is 0 Å². The number of carboxylic acids is 1. The van der Waals surface area contributed by atoms with E-state index in [0.29, 0.717) is 12.8 Å². The van der Waals surface area contributed by atoms with E-state index < -0.39 is 5.97 Å². The largest absolute Gasteiger partial charge is 0.478 e. The van der Waals surface area contributed by atoms with Gasteiger partial charge >= 0.3 is 5.97 Å². The average Bonchev–Trinajstić information content (AvgIpc) is 2.33. The van der Waals surface area contributed by atoms with Crippen LogP contribution in [0.4, 0.5) is 0 Å². The van der Waals surface area contributed by atoms with Crippen molar-refractivity contribution in [3.63, 3.8) is 0 Å². The van der Waals surface area contributed by atoms with Gasteiger partial charge in [-0.1, -0.05) is 19.1 Å². The van der Waals surface area contributed by atoms with Crippen LogP contribution in [0.25, 0.3) is 0 Å². The first-order valence-corrected chi connectivity index (χ1v) is 6.50. The zero-order chi connectivity index (χ0) is 13.5. The maximum atomic E-state index is 11.8. The second-order valence-corrected chi connectivity index (χ2v) is 5.86. The van der Waals surface area contributed by atoms with Crippen LogP contribution < -0.4 is 0 Å². The van der Waals surface area contributed by atoms with Gasteiger partial charge in [0.2, 0.25) is 0 Å². The monoisotopic (exact) mass is 248 g/mol. The summed E-state index contributed by atoms with van der Waals surface area (Å²) in [4.78, 5) is 22.8. The van der Waals surface area contributed by atoms with Crippen molar-refractivity contribution >= 4 is 11.8 Å². The third-order valence-corrected chi connectivity index (χ3v) is 4.77. The molecule has 0 aromatic heterocycles. The lowest BCUT2D eigenvalue weighted by Crippen LogP contribution is -2.34. The molecule has 0 aromatic rings. The fraction of sp³-hybridized carbons (Fsp3) is 0.600. The lowest BCUT2D eigenvalue weighted by atomic mass is 9.60. The zero-order valence-electron chi connectivity index (χ0n) is 11.1. The van der Waals surface area contributed by atoms with Crippen LogP contribution in [-0.2, 0) is 9.59 Å². The number of hydrogen-bond acceptors (Lipinski definition) is 2. The van der Waals surface area contributed by atoms with Crippen LogP contribution in [-0.4, -0.2) is 16.9 Å². The maximum absolute atomic E-state index is 11.8. The first-order valence-electron chi connectivity index (χ1n) is 6.50. The van der Waals surface area contributed by atoms with E-state index in [1.165, 1.54) is 5.57 Å². The molecule has 0 amide bonds. The number of hydrogen-bond donors (Lipinski definition) is 1. The number of ketones is 1. The average molecular weight is 248 g/mol. The Kier molecular flexibility index (Phi) is 3.18. The Morgan fingerprint density at radius 2 is 2.11 bits per heavy atom. The molecule has 98 valence electrons. The Bertz CT molecular complexity index is 458. The van der Waals surface area contributed by atoms with Crippen LogP contribution in [0.5, 0.6) is 0 Å². The Morgan fingerprint density at radius 3 is 2.72 bits per heavy atom. The third kappa shape index (κ3) is 2.02. The lowest BCUT2D eigenvalue weighted by molar-refractivity contribution is -0.133. The van der Waals surface area contributed by atoms with Crippen LogP contribution in [0.1, 0.15) is 46.0 Å². The fourth-order valence-corrected chi connectivity index (χ4v) is 3.34. The zero-order valence-corrected chi connectivity index (χ0v) is 11.1. The SMILES string of the molecule is C=C(C(=O)O)C1CCC2(C)CCC(=O)C(C)=C2C1. The molecule has 2 aliphatic carbocycles. The van der Waals surface area contributed by atoms with Gasteiger partial charge in [0.25, 0.3) is 0 Å². The predicted octanol–water partition coefficient (Wildman–Crippen LogP) is 3.11. The van der Waals surface area contributed by atoms with E-state index in [1.807, 2.05) is 6.92 Å². The molecule has 3 heteroatoms. The highest BCUT2D eigenvalue weighted by molar-refractivity contribution is 5.97. The topological polar surface area (TPSA) is 54.4 Å². The Balaban J connectivity index is 2.30. The molecule has 2 aliphatic rings. The number of carbonyl (C=O) groups excluding carboxylic acids is 1. The summed E-state index contributed by atoms with van der Waals surface area (Å²) in [6.45, 7) is 7.77. The van der Waals surface area contributed by atoms with Crippen molar-refractivity contribution in [2.45, 2.75) is 46.0 Å². The van der Waals surface area contributed by atoms with Gasteiger partial charge in [-0.25, -0.2) is 4.79 Å². The Labute approximate surface area is 108 Å². The molecule has 18 heavy (non-hydrogen) atoms. The van der Waals surface area contributed by atoms with Crippen molar-refractivity contribution in [1.82, 2.24) is 0 Å². The molecule has 0 bridgehead atoms. The van der Waals surface area contributed by atoms with Crippen LogP contribution >= 0.6 is 0 Å². The minimum absolute atomic E-state index is 0.00794. The minimum Gasteiger partial charge on any atom is -0.478 e. The van der Waals surface area contributed by atoms with Crippen LogP contribution in [0.3, 0.4) is 0 Å². The van der Waals surface area contributed by atoms with Crippen LogP contribution in [0, 0.1) is 11.3 Å². The fourth-order valence-electron chi connectivity index (χ4n) is 3.34. The van der Waals surface area contributed by atoms with E-state index in [1.54, 1.807) is 0 Å². The second kappa shape index (κ2) is 4.38. The summed E-state index contributed by atoms with van der Waals surface area (Å²) in [5.74, 6) is -0.695. The van der Waals surface area contributed by atoms with Crippen molar-refractivity contribution in [1.29, 1.82) is 0 Å². The van der Waals surface area contributed by atoms with E-state index in [4.69, 9.17) is 5.11 Å². The molecule has 1 saturated carbocycles. The number of aliphatic carboxylic acids is 1. The van der Waals surface area contributed by atoms with Gasteiger partial charge in [-0.3, -0.25) is 4.79 Å². The number of rotatable bonds is 2. The van der Waals surface area contributed by atoms with Crippen molar-refractivity contribution in [2.24, 2.45) is 11.3 Å². The first-order chi connectivity index (χ1) is 8.35. The molecule has 0 heterocycles. The summed E-state index contributed by atoms with van der Waals surface area (Å²) in [5.41, 5.74) is 2.44. The van der Waals surface area contributed by atoms with Gasteiger partial charge in [-0.05, 0) is 49.5 Å². The maximum Gasteiger partial charge on any atom is 0.331 e. The molecule has 0 aliphatic heterocycles. The number of carboxylic acid groups (broad SMARTS) is 1. The van der Waals surface area contributed by atoms with Gasteiger partial charge in [-0.15, -0.1) is 0 Å². The highest BCUT2D eigenvalue weighted by atomic mass is 16.4. The van der Waals surface area contributed by atoms with Crippen molar-refractivity contribution in [2.75, 3.05) is 0 Å². The van der Waals surface area contributed by atoms with E-state index in [9.17, 15) is 9.59 Å². The van der Waals surface area contributed by atoms with E-state index in [-0.39, 0.29) is 22.7 Å². The molecule has 0 saturated heterocycles.